The molecule has 0 aliphatic carbocycles. The number of ether oxygens (including phenoxy) is 1. The number of nitrogens with zero attached hydrogens (tertiary/aromatic N) is 2. The van der Waals surface area contributed by atoms with Gasteiger partial charge < -0.3 is 9.64 Å². The van der Waals surface area contributed by atoms with Gasteiger partial charge in [-0.3, -0.25) is 5.32 Å². The Morgan fingerprint density at radius 2 is 2.16 bits per heavy atom. The third-order valence-electron chi connectivity index (χ3n) is 2.51. The number of benzene rings is 1. The zero-order chi connectivity index (χ0) is 13.8. The van der Waals surface area contributed by atoms with Gasteiger partial charge in [-0.05, 0) is 23.7 Å². The zero-order valence-electron chi connectivity index (χ0n) is 11.0. The maximum absolute atomic E-state index is 11.5. The third-order valence-corrected chi connectivity index (χ3v) is 3.22. The molecule has 0 aliphatic heterocycles. The van der Waals surface area contributed by atoms with Gasteiger partial charge in [0.15, 0.2) is 0 Å². The number of anilines is 1. The predicted octanol–water partition coefficient (Wildman–Crippen LogP) is 2.91. The molecule has 0 aliphatic rings. The van der Waals surface area contributed by atoms with E-state index < -0.39 is 0 Å². The summed E-state index contributed by atoms with van der Waals surface area (Å²) in [6.45, 7) is 0. The number of methoxy groups -OCH3 is 1. The lowest BCUT2D eigenvalue weighted by molar-refractivity contribution is 0.231. The van der Waals surface area contributed by atoms with Crippen LogP contribution in [-0.4, -0.2) is 36.5 Å². The molecule has 2 amide bonds. The fraction of sp³-hybridized carbons (Fsp3) is 0.231. The van der Waals surface area contributed by atoms with Crippen LogP contribution in [0.5, 0.6) is 5.75 Å². The van der Waals surface area contributed by atoms with Crippen molar-refractivity contribution in [1.82, 2.24) is 9.27 Å². The van der Waals surface area contributed by atoms with Crippen LogP contribution < -0.4 is 10.1 Å². The van der Waals surface area contributed by atoms with Crippen molar-refractivity contribution in [3.05, 3.63) is 30.3 Å². The first kappa shape index (κ1) is 13.4. The van der Waals surface area contributed by atoms with Crippen molar-refractivity contribution in [2.45, 2.75) is 0 Å². The number of carbonyl (C=O) groups is 1. The number of hydrogen-bond acceptors (Lipinski definition) is 4. The molecule has 1 aromatic carbocycles. The second-order valence-corrected chi connectivity index (χ2v) is 4.94. The molecular formula is C13H15N3O2S. The minimum Gasteiger partial charge on any atom is -0.497 e. The normalized spacial score (nSPS) is 10.1. The smallest absolute Gasteiger partial charge is 0.321 e. The molecule has 2 rings (SSSR count). The van der Waals surface area contributed by atoms with Gasteiger partial charge in [-0.15, -0.1) is 0 Å². The van der Waals surface area contributed by atoms with Gasteiger partial charge in [0.2, 0.25) is 0 Å². The molecule has 2 aromatic rings. The Labute approximate surface area is 116 Å². The molecule has 1 N–H and O–H groups in total. The molecule has 0 atom stereocenters. The minimum atomic E-state index is -0.166. The second kappa shape index (κ2) is 5.71. The van der Waals surface area contributed by atoms with Crippen LogP contribution in [0.25, 0.3) is 11.3 Å². The quantitative estimate of drug-likeness (QED) is 0.938. The first-order chi connectivity index (χ1) is 9.10. The number of amides is 2. The number of nitrogens with one attached hydrogen (secondary N) is 1. The SMILES string of the molecule is COc1cccc(-c2cc(NC(=O)N(C)C)sn2)c1. The van der Waals surface area contributed by atoms with E-state index in [1.165, 1.54) is 16.4 Å². The molecule has 19 heavy (non-hydrogen) atoms. The number of carbonyl (C=O) groups excluding carboxylic acids is 1. The summed E-state index contributed by atoms with van der Waals surface area (Å²) in [6.07, 6.45) is 0. The molecule has 0 fully saturated rings. The van der Waals surface area contributed by atoms with Crippen LogP contribution in [-0.2, 0) is 0 Å². The highest BCUT2D eigenvalue weighted by atomic mass is 32.1. The average Bonchev–Trinajstić information content (AvgIpc) is 2.87. The highest BCUT2D eigenvalue weighted by Crippen LogP contribution is 2.27. The maximum Gasteiger partial charge on any atom is 0.321 e. The Bertz CT molecular complexity index is 581. The van der Waals surface area contributed by atoms with Crippen molar-refractivity contribution < 1.29 is 9.53 Å². The molecule has 0 bridgehead atoms. The molecule has 0 saturated heterocycles. The van der Waals surface area contributed by atoms with Crippen molar-refractivity contribution in [1.29, 1.82) is 0 Å². The molecular weight excluding hydrogens is 262 g/mol. The molecule has 0 saturated carbocycles. The molecule has 0 unspecified atom stereocenters. The van der Waals surface area contributed by atoms with Crippen molar-refractivity contribution in [2.75, 3.05) is 26.5 Å². The van der Waals surface area contributed by atoms with Crippen LogP contribution in [0.4, 0.5) is 9.80 Å². The van der Waals surface area contributed by atoms with Gasteiger partial charge in [0.1, 0.15) is 10.8 Å². The van der Waals surface area contributed by atoms with Crippen molar-refractivity contribution in [2.24, 2.45) is 0 Å². The number of rotatable bonds is 3. The van der Waals surface area contributed by atoms with Gasteiger partial charge >= 0.3 is 6.03 Å². The first-order valence-corrected chi connectivity index (χ1v) is 6.47. The molecule has 1 heterocycles. The van der Waals surface area contributed by atoms with E-state index >= 15 is 0 Å². The lowest BCUT2D eigenvalue weighted by Crippen LogP contribution is -2.26. The molecule has 100 valence electrons. The summed E-state index contributed by atoms with van der Waals surface area (Å²) < 4.78 is 9.51. The van der Waals surface area contributed by atoms with Crippen molar-refractivity contribution in [3.63, 3.8) is 0 Å². The van der Waals surface area contributed by atoms with Gasteiger partial charge in [-0.2, -0.15) is 4.37 Å². The maximum atomic E-state index is 11.5. The molecule has 0 spiro atoms. The average molecular weight is 277 g/mol. The van der Waals surface area contributed by atoms with Gasteiger partial charge in [-0.1, -0.05) is 12.1 Å². The zero-order valence-corrected chi connectivity index (χ0v) is 11.8. The summed E-state index contributed by atoms with van der Waals surface area (Å²) in [6, 6.07) is 9.33. The lowest BCUT2D eigenvalue weighted by atomic mass is 10.1. The van der Waals surface area contributed by atoms with E-state index in [4.69, 9.17) is 4.74 Å². The largest absolute Gasteiger partial charge is 0.497 e. The third kappa shape index (κ3) is 3.23. The Kier molecular flexibility index (Phi) is 4.01. The number of aromatic nitrogens is 1. The van der Waals surface area contributed by atoms with Gasteiger partial charge in [0, 0.05) is 25.7 Å². The lowest BCUT2D eigenvalue weighted by Gasteiger charge is -2.09. The van der Waals surface area contributed by atoms with Crippen LogP contribution in [0.15, 0.2) is 30.3 Å². The number of urea groups is 1. The van der Waals surface area contributed by atoms with Crippen LogP contribution in [0.3, 0.4) is 0 Å². The van der Waals surface area contributed by atoms with Crippen molar-refractivity contribution in [3.8, 4) is 17.0 Å². The molecule has 1 aromatic heterocycles. The molecule has 0 radical (unpaired) electrons. The van der Waals surface area contributed by atoms with Crippen LogP contribution in [0.2, 0.25) is 0 Å². The summed E-state index contributed by atoms with van der Waals surface area (Å²) in [7, 11) is 5.02. The highest BCUT2D eigenvalue weighted by Gasteiger charge is 2.09. The Morgan fingerprint density at radius 3 is 2.84 bits per heavy atom. The first-order valence-electron chi connectivity index (χ1n) is 5.69. The van der Waals surface area contributed by atoms with Crippen molar-refractivity contribution >= 4 is 22.6 Å². The van der Waals surface area contributed by atoms with E-state index in [1.54, 1.807) is 21.2 Å². The van der Waals surface area contributed by atoms with E-state index in [2.05, 4.69) is 9.69 Å². The van der Waals surface area contributed by atoms with E-state index in [1.807, 2.05) is 30.3 Å². The van der Waals surface area contributed by atoms with Crippen LogP contribution in [0, 0.1) is 0 Å². The second-order valence-electron chi connectivity index (χ2n) is 4.13. The van der Waals surface area contributed by atoms with E-state index in [-0.39, 0.29) is 6.03 Å². The minimum absolute atomic E-state index is 0.166. The summed E-state index contributed by atoms with van der Waals surface area (Å²) in [5, 5.41) is 3.49. The highest BCUT2D eigenvalue weighted by molar-refractivity contribution is 7.10. The van der Waals surface area contributed by atoms with Gasteiger partial charge in [-0.25, -0.2) is 4.79 Å². The molecule has 5 nitrogen and oxygen atoms in total. The Balaban J connectivity index is 2.18. The standard InChI is InChI=1S/C13H15N3O2S/c1-16(2)13(17)14-12-8-11(15-19-12)9-5-4-6-10(7-9)18-3/h4-8H,1-3H3,(H,14,17). The van der Waals surface area contributed by atoms with Gasteiger partial charge in [0.25, 0.3) is 0 Å². The van der Waals surface area contributed by atoms with Crippen LogP contribution in [0.1, 0.15) is 0 Å². The van der Waals surface area contributed by atoms with E-state index in [9.17, 15) is 4.79 Å². The summed E-state index contributed by atoms with van der Waals surface area (Å²) in [4.78, 5) is 13.0. The van der Waals surface area contributed by atoms with Gasteiger partial charge in [0.05, 0.1) is 12.8 Å². The topological polar surface area (TPSA) is 54.5 Å². The predicted molar refractivity (Wildman–Crippen MR) is 76.8 cm³/mol. The van der Waals surface area contributed by atoms with E-state index in [0.717, 1.165) is 22.0 Å². The fourth-order valence-electron chi connectivity index (χ4n) is 1.47. The Hall–Kier alpha value is -2.08. The monoisotopic (exact) mass is 277 g/mol. The molecule has 6 heteroatoms. The summed E-state index contributed by atoms with van der Waals surface area (Å²) in [5.74, 6) is 0.782. The summed E-state index contributed by atoms with van der Waals surface area (Å²) >= 11 is 1.25. The van der Waals surface area contributed by atoms with E-state index in [0.29, 0.717) is 0 Å². The summed E-state index contributed by atoms with van der Waals surface area (Å²) in [5.41, 5.74) is 1.78. The fourth-order valence-corrected chi connectivity index (χ4v) is 2.12. The number of hydrogen-bond donors (Lipinski definition) is 1. The van der Waals surface area contributed by atoms with Crippen LogP contribution >= 0.6 is 11.5 Å². The Morgan fingerprint density at radius 1 is 1.37 bits per heavy atom.